The number of nitrogen functional groups attached to an aromatic ring is 1. The summed E-state index contributed by atoms with van der Waals surface area (Å²) in [5.41, 5.74) is 15.8. The number of aryl methyl sites for hydroxylation is 2. The van der Waals surface area contributed by atoms with Crippen molar-refractivity contribution in [3.8, 4) is 5.75 Å². The Morgan fingerprint density at radius 2 is 2.00 bits per heavy atom. The van der Waals surface area contributed by atoms with E-state index in [1.807, 2.05) is 19.1 Å². The van der Waals surface area contributed by atoms with E-state index in [2.05, 4.69) is 21.9 Å². The number of fused-ring (bicyclic) bond motifs is 2. The van der Waals surface area contributed by atoms with Gasteiger partial charge in [0.1, 0.15) is 23.0 Å². The van der Waals surface area contributed by atoms with E-state index in [4.69, 9.17) is 37.8 Å². The molecule has 5 rings (SSSR count). The summed E-state index contributed by atoms with van der Waals surface area (Å²) in [4.78, 5) is 22.9. The Morgan fingerprint density at radius 3 is 2.70 bits per heavy atom. The van der Waals surface area contributed by atoms with Gasteiger partial charge in [-0.1, -0.05) is 18.5 Å². The first-order chi connectivity index (χ1) is 15.9. The number of ether oxygens (including phenoxy) is 1. The van der Waals surface area contributed by atoms with Gasteiger partial charge < -0.3 is 21.2 Å². The second kappa shape index (κ2) is 8.62. The summed E-state index contributed by atoms with van der Waals surface area (Å²) in [6.45, 7) is 3.89. The lowest BCUT2D eigenvalue weighted by atomic mass is 10.0. The lowest BCUT2D eigenvalue weighted by Crippen LogP contribution is -2.14. The smallest absolute Gasteiger partial charge is 0.194 e. The van der Waals surface area contributed by atoms with Crippen LogP contribution in [0.2, 0.25) is 5.02 Å². The number of rotatable bonds is 5. The van der Waals surface area contributed by atoms with E-state index in [9.17, 15) is 0 Å². The number of nitrogens with two attached hydrogens (primary N) is 2. The SMILES string of the molecule is CCc1[nH]c2nc(Sc3cc(OC)c4c(N)nc(C)nc4c3)nc(C3CC[C@@H](N)C3)c2c1Cl. The molecule has 5 N–H and O–H groups in total. The number of aromatic nitrogens is 5. The zero-order valence-electron chi connectivity index (χ0n) is 18.8. The van der Waals surface area contributed by atoms with E-state index in [1.165, 1.54) is 11.8 Å². The Hall–Kier alpha value is -2.62. The van der Waals surface area contributed by atoms with Crippen molar-refractivity contribution in [1.29, 1.82) is 0 Å². The number of H-pyrrole nitrogens is 1. The van der Waals surface area contributed by atoms with Crippen LogP contribution in [0, 0.1) is 6.92 Å². The van der Waals surface area contributed by atoms with Gasteiger partial charge in [0, 0.05) is 22.5 Å². The minimum Gasteiger partial charge on any atom is -0.496 e. The predicted molar refractivity (Wildman–Crippen MR) is 132 cm³/mol. The zero-order valence-corrected chi connectivity index (χ0v) is 20.3. The van der Waals surface area contributed by atoms with Gasteiger partial charge >= 0.3 is 0 Å². The minimum absolute atomic E-state index is 0.192. The summed E-state index contributed by atoms with van der Waals surface area (Å²) in [7, 11) is 1.61. The van der Waals surface area contributed by atoms with Gasteiger partial charge in [0.2, 0.25) is 0 Å². The molecule has 0 radical (unpaired) electrons. The third-order valence-electron chi connectivity index (χ3n) is 6.19. The third-order valence-corrected chi connectivity index (χ3v) is 7.44. The molecule has 3 heterocycles. The van der Waals surface area contributed by atoms with E-state index in [0.717, 1.165) is 63.5 Å². The van der Waals surface area contributed by atoms with E-state index >= 15 is 0 Å². The summed E-state index contributed by atoms with van der Waals surface area (Å²) >= 11 is 8.19. The number of benzene rings is 1. The molecule has 10 heteroatoms. The maximum atomic E-state index is 6.73. The Balaban J connectivity index is 1.63. The number of nitrogens with one attached hydrogen (secondary N) is 1. The Kier molecular flexibility index (Phi) is 5.80. The van der Waals surface area contributed by atoms with Crippen molar-refractivity contribution in [2.75, 3.05) is 12.8 Å². The molecule has 1 saturated carbocycles. The number of hydrogen-bond donors (Lipinski definition) is 3. The Morgan fingerprint density at radius 1 is 1.18 bits per heavy atom. The van der Waals surface area contributed by atoms with Crippen LogP contribution in [0.5, 0.6) is 5.75 Å². The van der Waals surface area contributed by atoms with Crippen LogP contribution < -0.4 is 16.2 Å². The molecule has 1 aliphatic carbocycles. The molecule has 4 aromatic rings. The number of halogens is 1. The highest BCUT2D eigenvalue weighted by Gasteiger charge is 2.29. The van der Waals surface area contributed by atoms with Gasteiger partial charge in [0.25, 0.3) is 0 Å². The van der Waals surface area contributed by atoms with Gasteiger partial charge in [-0.05, 0) is 56.5 Å². The van der Waals surface area contributed by atoms with Crippen LogP contribution >= 0.6 is 23.4 Å². The van der Waals surface area contributed by atoms with E-state index in [0.29, 0.717) is 27.9 Å². The maximum Gasteiger partial charge on any atom is 0.194 e. The molecule has 8 nitrogen and oxygen atoms in total. The molecule has 3 aromatic heterocycles. The van der Waals surface area contributed by atoms with Crippen molar-refractivity contribution in [1.82, 2.24) is 24.9 Å². The lowest BCUT2D eigenvalue weighted by molar-refractivity contribution is 0.419. The average Bonchev–Trinajstić information content (AvgIpc) is 3.35. The summed E-state index contributed by atoms with van der Waals surface area (Å²) < 4.78 is 5.60. The summed E-state index contributed by atoms with van der Waals surface area (Å²) in [6.07, 6.45) is 3.69. The fourth-order valence-electron chi connectivity index (χ4n) is 4.64. The molecular formula is C23H26ClN7OS. The van der Waals surface area contributed by atoms with Crippen molar-refractivity contribution >= 4 is 51.1 Å². The topological polar surface area (TPSA) is 129 Å². The molecule has 0 bridgehead atoms. The number of nitrogens with zero attached hydrogens (tertiary/aromatic N) is 4. The van der Waals surface area contributed by atoms with E-state index in [1.54, 1.807) is 7.11 Å². The number of anilines is 1. The fourth-order valence-corrected chi connectivity index (χ4v) is 5.83. The average molecular weight is 484 g/mol. The maximum absolute atomic E-state index is 6.73. The van der Waals surface area contributed by atoms with Crippen LogP contribution in [0.15, 0.2) is 22.2 Å². The van der Waals surface area contributed by atoms with Crippen LogP contribution in [0.4, 0.5) is 5.82 Å². The molecule has 1 fully saturated rings. The van der Waals surface area contributed by atoms with Crippen molar-refractivity contribution < 1.29 is 4.74 Å². The van der Waals surface area contributed by atoms with Gasteiger partial charge in [-0.2, -0.15) is 0 Å². The molecule has 172 valence electrons. The van der Waals surface area contributed by atoms with Gasteiger partial charge in [0.05, 0.1) is 34.1 Å². The van der Waals surface area contributed by atoms with Crippen molar-refractivity contribution in [3.63, 3.8) is 0 Å². The molecule has 0 saturated heterocycles. The van der Waals surface area contributed by atoms with Gasteiger partial charge in [-0.3, -0.25) is 0 Å². The van der Waals surface area contributed by atoms with Crippen LogP contribution in [0.25, 0.3) is 21.9 Å². The molecule has 1 aromatic carbocycles. The van der Waals surface area contributed by atoms with Crippen LogP contribution in [-0.4, -0.2) is 38.1 Å². The van der Waals surface area contributed by atoms with E-state index in [-0.39, 0.29) is 12.0 Å². The van der Waals surface area contributed by atoms with E-state index < -0.39 is 0 Å². The number of hydrogen-bond acceptors (Lipinski definition) is 8. The zero-order chi connectivity index (χ0) is 23.3. The first kappa shape index (κ1) is 22.2. The third kappa shape index (κ3) is 3.98. The molecule has 2 atom stereocenters. The van der Waals surface area contributed by atoms with Crippen LogP contribution in [-0.2, 0) is 6.42 Å². The van der Waals surface area contributed by atoms with Crippen LogP contribution in [0.1, 0.15) is 49.3 Å². The molecule has 1 aliphatic rings. The molecule has 0 amide bonds. The molecule has 0 aliphatic heterocycles. The number of aromatic amines is 1. The second-order valence-corrected chi connectivity index (χ2v) is 9.85. The first-order valence-corrected chi connectivity index (χ1v) is 12.2. The summed E-state index contributed by atoms with van der Waals surface area (Å²) in [5.74, 6) is 1.89. The highest BCUT2D eigenvalue weighted by Crippen LogP contribution is 2.42. The van der Waals surface area contributed by atoms with Crippen LogP contribution in [0.3, 0.4) is 0 Å². The molecular weight excluding hydrogens is 458 g/mol. The van der Waals surface area contributed by atoms with Gasteiger partial charge in [-0.15, -0.1) is 0 Å². The first-order valence-electron chi connectivity index (χ1n) is 11.0. The largest absolute Gasteiger partial charge is 0.496 e. The highest BCUT2D eigenvalue weighted by atomic mass is 35.5. The van der Waals surface area contributed by atoms with Crippen molar-refractivity contribution in [2.24, 2.45) is 5.73 Å². The summed E-state index contributed by atoms with van der Waals surface area (Å²) in [5, 5.41) is 2.98. The minimum atomic E-state index is 0.192. The lowest BCUT2D eigenvalue weighted by Gasteiger charge is -2.13. The normalized spacial score (nSPS) is 18.5. The standard InChI is InChI=1S/C23H26ClN7OS/c1-4-14-19(24)18-20(11-5-6-12(25)7-11)30-23(31-22(18)29-14)33-13-8-15-17(16(9-13)32-3)21(26)28-10(2)27-15/h8-9,11-12H,4-7,25H2,1-3H3,(H2,26,27,28)(H,29,30,31)/t11?,12-/m1/s1. The Bertz CT molecular complexity index is 1370. The second-order valence-electron chi connectivity index (χ2n) is 8.43. The highest BCUT2D eigenvalue weighted by molar-refractivity contribution is 7.99. The molecule has 1 unspecified atom stereocenters. The quantitative estimate of drug-likeness (QED) is 0.346. The van der Waals surface area contributed by atoms with Gasteiger partial charge in [0.15, 0.2) is 5.16 Å². The molecule has 0 spiro atoms. The molecule has 33 heavy (non-hydrogen) atoms. The fraction of sp³-hybridized carbons (Fsp3) is 0.391. The van der Waals surface area contributed by atoms with Gasteiger partial charge in [-0.25, -0.2) is 19.9 Å². The van der Waals surface area contributed by atoms with Crippen molar-refractivity contribution in [2.45, 2.75) is 61.5 Å². The summed E-state index contributed by atoms with van der Waals surface area (Å²) in [6, 6.07) is 4.07. The number of methoxy groups -OCH3 is 1. The monoisotopic (exact) mass is 483 g/mol. The predicted octanol–water partition coefficient (Wildman–Crippen LogP) is 4.76. The van der Waals surface area contributed by atoms with Crippen molar-refractivity contribution in [3.05, 3.63) is 34.4 Å². The Labute approximate surface area is 200 Å².